The van der Waals surface area contributed by atoms with Crippen molar-refractivity contribution < 1.29 is 24.2 Å². The van der Waals surface area contributed by atoms with Crippen LogP contribution >= 0.6 is 0 Å². The molecule has 2 aromatic carbocycles. The summed E-state index contributed by atoms with van der Waals surface area (Å²) >= 11 is 0. The maximum atomic E-state index is 11.9. The lowest BCUT2D eigenvalue weighted by molar-refractivity contribution is -0.116. The molecule has 1 heterocycles. The molecule has 0 saturated carbocycles. The molecule has 2 aliphatic rings. The van der Waals surface area contributed by atoms with E-state index in [0.717, 1.165) is 0 Å². The minimum absolute atomic E-state index is 0.0198. The van der Waals surface area contributed by atoms with Crippen molar-refractivity contribution in [2.75, 3.05) is 0 Å². The molecule has 0 spiro atoms. The van der Waals surface area contributed by atoms with E-state index in [-0.39, 0.29) is 34.7 Å². The number of phenolic OH excluding ortho intramolecular Hbond substituents is 1. The fourth-order valence-electron chi connectivity index (χ4n) is 3.53. The molecule has 0 saturated heterocycles. The van der Waals surface area contributed by atoms with Gasteiger partial charge in [-0.2, -0.15) is 0 Å². The van der Waals surface area contributed by atoms with E-state index in [1.165, 1.54) is 37.3 Å². The molecule has 0 bridgehead atoms. The van der Waals surface area contributed by atoms with Gasteiger partial charge < -0.3 is 14.6 Å². The second-order valence-electron chi connectivity index (χ2n) is 6.88. The molecule has 29 heavy (non-hydrogen) atoms. The summed E-state index contributed by atoms with van der Waals surface area (Å²) in [5, 5.41) is 20.2. The van der Waals surface area contributed by atoms with Gasteiger partial charge in [-0.25, -0.2) is 4.79 Å². The first-order valence-corrected chi connectivity index (χ1v) is 8.89. The number of carbonyl (C=O) groups is 2. The summed E-state index contributed by atoms with van der Waals surface area (Å²) in [6.45, 7) is 1.47. The van der Waals surface area contributed by atoms with Crippen molar-refractivity contribution in [1.82, 2.24) is 0 Å². The fraction of sp³-hybridized carbons (Fsp3) is 0.0870. The topological polar surface area (TPSA) is 105 Å². The molecule has 0 fully saturated rings. The number of hydrogen-bond donors (Lipinski definition) is 2. The van der Waals surface area contributed by atoms with Crippen LogP contribution in [-0.4, -0.2) is 22.0 Å². The van der Waals surface area contributed by atoms with Crippen molar-refractivity contribution >= 4 is 22.7 Å². The van der Waals surface area contributed by atoms with Crippen molar-refractivity contribution in [3.63, 3.8) is 0 Å². The molecule has 0 aromatic heterocycles. The van der Waals surface area contributed by atoms with E-state index in [1.807, 2.05) is 0 Å². The van der Waals surface area contributed by atoms with E-state index in [1.54, 1.807) is 24.3 Å². The third-order valence-electron chi connectivity index (χ3n) is 4.71. The smallest absolute Gasteiger partial charge is 0.336 e. The molecule has 1 aliphatic heterocycles. The van der Waals surface area contributed by atoms with Gasteiger partial charge in [0.05, 0.1) is 5.56 Å². The van der Waals surface area contributed by atoms with Crippen LogP contribution in [0.1, 0.15) is 22.8 Å². The number of carboxylic acid groups (broad SMARTS) is 1. The average Bonchev–Trinajstić information content (AvgIpc) is 2.65. The monoisotopic (exact) mass is 388 g/mol. The number of ketones is 1. The highest BCUT2D eigenvalue weighted by molar-refractivity contribution is 6.07. The van der Waals surface area contributed by atoms with E-state index in [2.05, 4.69) is 0 Å². The van der Waals surface area contributed by atoms with Gasteiger partial charge in [0.1, 0.15) is 22.9 Å². The zero-order valence-electron chi connectivity index (χ0n) is 15.4. The maximum Gasteiger partial charge on any atom is 0.336 e. The Morgan fingerprint density at radius 1 is 0.966 bits per heavy atom. The van der Waals surface area contributed by atoms with Crippen molar-refractivity contribution in [3.8, 4) is 28.2 Å². The summed E-state index contributed by atoms with van der Waals surface area (Å²) < 4.78 is 5.80. The summed E-state index contributed by atoms with van der Waals surface area (Å²) in [4.78, 5) is 35.4. The number of hydrogen-bond acceptors (Lipinski definition) is 5. The van der Waals surface area contributed by atoms with Gasteiger partial charge in [0.15, 0.2) is 5.43 Å². The predicted octanol–water partition coefficient (Wildman–Crippen LogP) is 4.10. The number of fused-ring (bicyclic) bond motifs is 2. The summed E-state index contributed by atoms with van der Waals surface area (Å²) in [6, 6.07) is 13.6. The number of rotatable bonds is 4. The lowest BCUT2D eigenvalue weighted by Crippen LogP contribution is -2.05. The van der Waals surface area contributed by atoms with Gasteiger partial charge in [-0.1, -0.05) is 6.07 Å². The minimum Gasteiger partial charge on any atom is -0.508 e. The first-order chi connectivity index (χ1) is 13.8. The Hall–Kier alpha value is -3.93. The van der Waals surface area contributed by atoms with Gasteiger partial charge in [-0.3, -0.25) is 9.59 Å². The zero-order valence-corrected chi connectivity index (χ0v) is 15.4. The minimum atomic E-state index is -1.12. The number of Topliss-reactive ketones (excluding diaryl/α,β-unsaturated/α-hetero) is 1. The molecule has 2 N–H and O–H groups in total. The number of carbonyl (C=O) groups excluding carboxylic acids is 1. The van der Waals surface area contributed by atoms with Crippen molar-refractivity contribution in [1.29, 1.82) is 0 Å². The third kappa shape index (κ3) is 3.36. The maximum absolute atomic E-state index is 11.9. The molecule has 0 unspecified atom stereocenters. The molecule has 6 heteroatoms. The zero-order chi connectivity index (χ0) is 20.7. The second kappa shape index (κ2) is 6.91. The molecule has 4 rings (SSSR count). The predicted molar refractivity (Wildman–Crippen MR) is 108 cm³/mol. The summed E-state index contributed by atoms with van der Waals surface area (Å²) in [5.74, 6) is -0.902. The Morgan fingerprint density at radius 2 is 1.76 bits per heavy atom. The Balaban J connectivity index is 2.15. The molecule has 0 radical (unpaired) electrons. The molecule has 144 valence electrons. The third-order valence-corrected chi connectivity index (χ3v) is 4.71. The Labute approximate surface area is 165 Å². The summed E-state index contributed by atoms with van der Waals surface area (Å²) in [7, 11) is 0. The largest absolute Gasteiger partial charge is 0.508 e. The normalized spacial score (nSPS) is 11.1. The van der Waals surface area contributed by atoms with Gasteiger partial charge in [-0.05, 0) is 54.4 Å². The first-order valence-electron chi connectivity index (χ1n) is 8.89. The average molecular weight is 388 g/mol. The highest BCUT2D eigenvalue weighted by atomic mass is 16.4. The standard InChI is InChI=1S/C23H16O6/c1-12(24)8-13-2-5-16(23(27)28)19(9-13)22-17-6-3-14(25)10-20(17)29-21-11-15(26)4-7-18(21)22/h2-7,9-11,25H,8H2,1H3,(H,27,28). The van der Waals surface area contributed by atoms with Crippen LogP contribution in [0.2, 0.25) is 0 Å². The van der Waals surface area contributed by atoms with E-state index in [0.29, 0.717) is 33.2 Å². The van der Waals surface area contributed by atoms with E-state index >= 15 is 0 Å². The molecule has 0 amide bonds. The lowest BCUT2D eigenvalue weighted by atomic mass is 9.89. The molecule has 0 atom stereocenters. The van der Waals surface area contributed by atoms with Crippen LogP contribution in [0.15, 0.2) is 63.8 Å². The molecule has 6 nitrogen and oxygen atoms in total. The van der Waals surface area contributed by atoms with Gasteiger partial charge in [0.2, 0.25) is 0 Å². The molecule has 2 aromatic rings. The van der Waals surface area contributed by atoms with Crippen molar-refractivity contribution in [2.24, 2.45) is 0 Å². The van der Waals surface area contributed by atoms with Gasteiger partial charge in [0, 0.05) is 35.1 Å². The number of aromatic hydroxyl groups is 1. The van der Waals surface area contributed by atoms with Crippen LogP contribution in [0.3, 0.4) is 0 Å². The fourth-order valence-corrected chi connectivity index (χ4v) is 3.53. The van der Waals surface area contributed by atoms with Crippen LogP contribution in [-0.2, 0) is 11.2 Å². The SMILES string of the molecule is CC(=O)Cc1ccc(C(=O)O)c(-c2c3ccc(=O)cc-3oc3cc(O)ccc23)c1. The van der Waals surface area contributed by atoms with Crippen LogP contribution in [0.25, 0.3) is 33.4 Å². The molecular formula is C23H16O6. The van der Waals surface area contributed by atoms with Crippen LogP contribution in [0.5, 0.6) is 5.75 Å². The Bertz CT molecular complexity index is 1310. The number of aromatic carboxylic acids is 1. The number of benzene rings is 3. The Morgan fingerprint density at radius 3 is 2.48 bits per heavy atom. The first kappa shape index (κ1) is 18.4. The van der Waals surface area contributed by atoms with Gasteiger partial charge in [-0.15, -0.1) is 0 Å². The highest BCUT2D eigenvalue weighted by Crippen LogP contribution is 2.42. The highest BCUT2D eigenvalue weighted by Gasteiger charge is 2.22. The van der Waals surface area contributed by atoms with Gasteiger partial charge in [0.25, 0.3) is 0 Å². The number of carboxylic acids is 1. The van der Waals surface area contributed by atoms with E-state index < -0.39 is 5.97 Å². The van der Waals surface area contributed by atoms with Crippen LogP contribution in [0.4, 0.5) is 0 Å². The van der Waals surface area contributed by atoms with Crippen LogP contribution < -0.4 is 5.43 Å². The van der Waals surface area contributed by atoms with E-state index in [9.17, 15) is 24.6 Å². The Kier molecular flexibility index (Phi) is 4.39. The number of phenols is 1. The van der Waals surface area contributed by atoms with E-state index in [4.69, 9.17) is 4.42 Å². The molecular weight excluding hydrogens is 372 g/mol. The van der Waals surface area contributed by atoms with Crippen LogP contribution in [0, 0.1) is 0 Å². The summed E-state index contributed by atoms with van der Waals surface area (Å²) in [5.41, 5.74) is 2.33. The summed E-state index contributed by atoms with van der Waals surface area (Å²) in [6.07, 6.45) is 0.172. The molecule has 1 aliphatic carbocycles. The van der Waals surface area contributed by atoms with Crippen molar-refractivity contribution in [2.45, 2.75) is 13.3 Å². The van der Waals surface area contributed by atoms with Crippen molar-refractivity contribution in [3.05, 3.63) is 75.9 Å². The second-order valence-corrected chi connectivity index (χ2v) is 6.88. The van der Waals surface area contributed by atoms with Gasteiger partial charge >= 0.3 is 5.97 Å². The lowest BCUT2D eigenvalue weighted by Gasteiger charge is -2.17. The quantitative estimate of drug-likeness (QED) is 0.510.